The predicted molar refractivity (Wildman–Crippen MR) is 97.2 cm³/mol. The highest BCUT2D eigenvalue weighted by Gasteiger charge is 2.66. The van der Waals surface area contributed by atoms with E-state index in [1.165, 1.54) is 11.6 Å². The van der Waals surface area contributed by atoms with E-state index >= 15 is 0 Å². The smallest absolute Gasteiger partial charge is 0.252 e. The fourth-order valence-corrected chi connectivity index (χ4v) is 3.56. The second-order valence-corrected chi connectivity index (χ2v) is 7.45. The van der Waals surface area contributed by atoms with Gasteiger partial charge in [0.05, 0.1) is 5.41 Å². The summed E-state index contributed by atoms with van der Waals surface area (Å²) in [5.41, 5.74) is 6.96. The molecule has 4 N–H and O–H groups in total. The summed E-state index contributed by atoms with van der Waals surface area (Å²) in [6.07, 6.45) is 1.25. The van der Waals surface area contributed by atoms with Crippen LogP contribution in [0.25, 0.3) is 0 Å². The molecule has 0 radical (unpaired) electrons. The molecule has 1 unspecified atom stereocenters. The zero-order chi connectivity index (χ0) is 18.2. The van der Waals surface area contributed by atoms with E-state index in [2.05, 4.69) is 29.1 Å². The van der Waals surface area contributed by atoms with Crippen LogP contribution in [0.15, 0.2) is 35.1 Å². The number of carbonyl (C=O) groups is 1. The summed E-state index contributed by atoms with van der Waals surface area (Å²) < 4.78 is 0. The number of aromatic nitrogens is 2. The summed E-state index contributed by atoms with van der Waals surface area (Å²) in [5.74, 6) is 0.682. The number of amides is 1. The van der Waals surface area contributed by atoms with Crippen LogP contribution in [0.5, 0.6) is 0 Å². The van der Waals surface area contributed by atoms with Crippen molar-refractivity contribution in [2.45, 2.75) is 39.0 Å². The Morgan fingerprint density at radius 2 is 1.96 bits per heavy atom. The maximum atomic E-state index is 12.9. The summed E-state index contributed by atoms with van der Waals surface area (Å²) in [7, 11) is 0. The topological polar surface area (TPSA) is 101 Å². The molecule has 1 heterocycles. The zero-order valence-corrected chi connectivity index (χ0v) is 14.8. The first kappa shape index (κ1) is 17.2. The zero-order valence-electron chi connectivity index (χ0n) is 14.8. The third-order valence-electron chi connectivity index (χ3n) is 5.13. The minimum absolute atomic E-state index is 0.0209. The Labute approximate surface area is 146 Å². The summed E-state index contributed by atoms with van der Waals surface area (Å²) in [6, 6.07) is 9.41. The monoisotopic (exact) mass is 340 g/mol. The Hall–Kier alpha value is -2.63. The molecule has 0 aliphatic heterocycles. The van der Waals surface area contributed by atoms with Gasteiger partial charge in [-0.2, -0.15) is 0 Å². The van der Waals surface area contributed by atoms with Crippen molar-refractivity contribution in [2.24, 2.45) is 5.41 Å². The van der Waals surface area contributed by atoms with E-state index < -0.39 is 5.41 Å². The van der Waals surface area contributed by atoms with Crippen molar-refractivity contribution in [1.82, 2.24) is 15.3 Å². The Bertz CT molecular complexity index is 854. The van der Waals surface area contributed by atoms with Crippen LogP contribution in [0.4, 0.5) is 5.82 Å². The number of benzene rings is 1. The first-order chi connectivity index (χ1) is 11.7. The number of carbonyl (C=O) groups excluding carboxylic acids is 1. The van der Waals surface area contributed by atoms with E-state index in [1.807, 2.05) is 31.2 Å². The number of anilines is 1. The van der Waals surface area contributed by atoms with E-state index in [-0.39, 0.29) is 22.7 Å². The van der Waals surface area contributed by atoms with Crippen molar-refractivity contribution >= 4 is 11.7 Å². The molecule has 1 fully saturated rings. The van der Waals surface area contributed by atoms with Gasteiger partial charge in [-0.15, -0.1) is 0 Å². The number of hydrogen-bond acceptors (Lipinski definition) is 4. The molecule has 25 heavy (non-hydrogen) atoms. The van der Waals surface area contributed by atoms with Crippen molar-refractivity contribution < 1.29 is 4.79 Å². The van der Waals surface area contributed by atoms with Gasteiger partial charge in [0.25, 0.3) is 5.56 Å². The lowest BCUT2D eigenvalue weighted by Crippen LogP contribution is -2.39. The molecule has 1 aliphatic rings. The van der Waals surface area contributed by atoms with Crippen molar-refractivity contribution in [3.63, 3.8) is 0 Å². The highest BCUT2D eigenvalue weighted by atomic mass is 16.2. The van der Waals surface area contributed by atoms with E-state index in [0.29, 0.717) is 18.8 Å². The lowest BCUT2D eigenvalue weighted by atomic mass is 9.86. The average Bonchev–Trinajstić information content (AvgIpc) is 3.11. The number of rotatable bonds is 5. The molecule has 1 aromatic carbocycles. The summed E-state index contributed by atoms with van der Waals surface area (Å²) in [4.78, 5) is 31.0. The van der Waals surface area contributed by atoms with Gasteiger partial charge in [-0.25, -0.2) is 4.98 Å². The number of hydrogen-bond donors (Lipinski definition) is 3. The fraction of sp³-hybridized carbons (Fsp3) is 0.421. The number of aryl methyl sites for hydroxylation is 1. The molecule has 1 amide bonds. The van der Waals surface area contributed by atoms with Gasteiger partial charge >= 0.3 is 0 Å². The number of nitrogen functional groups attached to an aromatic ring is 1. The van der Waals surface area contributed by atoms with Crippen molar-refractivity contribution in [3.8, 4) is 0 Å². The molecular weight excluding hydrogens is 316 g/mol. The van der Waals surface area contributed by atoms with Crippen molar-refractivity contribution in [3.05, 3.63) is 57.6 Å². The molecule has 0 saturated heterocycles. The van der Waals surface area contributed by atoms with Crippen LogP contribution in [-0.4, -0.2) is 22.4 Å². The Kier molecular flexibility index (Phi) is 4.14. The minimum atomic E-state index is -0.489. The van der Waals surface area contributed by atoms with Gasteiger partial charge in [0.1, 0.15) is 11.6 Å². The average molecular weight is 340 g/mol. The largest absolute Gasteiger partial charge is 0.383 e. The molecule has 3 rings (SSSR count). The van der Waals surface area contributed by atoms with Gasteiger partial charge in [0, 0.05) is 19.0 Å². The molecule has 1 aromatic heterocycles. The van der Waals surface area contributed by atoms with Crippen LogP contribution < -0.4 is 16.6 Å². The van der Waals surface area contributed by atoms with Crippen LogP contribution in [0, 0.1) is 12.3 Å². The summed E-state index contributed by atoms with van der Waals surface area (Å²) in [6.45, 7) is 6.66. The standard InChI is InChI=1S/C19H24N4O2/c1-12-4-6-13(7-5-12)19(11-18(19,2)3)17(25)21-9-8-15-22-14(20)10-16(24)23-15/h4-7,10H,8-9,11H2,1-3H3,(H,21,25)(H3,20,22,23,24). The highest BCUT2D eigenvalue weighted by Crippen LogP contribution is 2.64. The minimum Gasteiger partial charge on any atom is -0.383 e. The molecule has 6 heteroatoms. The fourth-order valence-electron chi connectivity index (χ4n) is 3.56. The maximum absolute atomic E-state index is 12.9. The van der Waals surface area contributed by atoms with Gasteiger partial charge in [-0.1, -0.05) is 43.7 Å². The number of aromatic amines is 1. The van der Waals surface area contributed by atoms with Gasteiger partial charge in [-0.3, -0.25) is 9.59 Å². The molecule has 0 bridgehead atoms. The number of nitrogens with two attached hydrogens (primary N) is 1. The molecule has 2 aromatic rings. The Morgan fingerprint density at radius 1 is 1.32 bits per heavy atom. The van der Waals surface area contributed by atoms with Crippen LogP contribution >= 0.6 is 0 Å². The van der Waals surface area contributed by atoms with Gasteiger partial charge in [0.2, 0.25) is 5.91 Å². The second-order valence-electron chi connectivity index (χ2n) is 7.45. The first-order valence-electron chi connectivity index (χ1n) is 8.46. The molecular formula is C19H24N4O2. The van der Waals surface area contributed by atoms with E-state index in [1.54, 1.807) is 0 Å². The van der Waals surface area contributed by atoms with Crippen LogP contribution in [0.1, 0.15) is 37.2 Å². The molecule has 1 aliphatic carbocycles. The molecule has 1 atom stereocenters. The highest BCUT2D eigenvalue weighted by molar-refractivity contribution is 5.93. The molecule has 6 nitrogen and oxygen atoms in total. The lowest BCUT2D eigenvalue weighted by molar-refractivity contribution is -0.124. The molecule has 1 saturated carbocycles. The summed E-state index contributed by atoms with van der Waals surface area (Å²) in [5, 5.41) is 3.00. The Morgan fingerprint density at radius 3 is 2.52 bits per heavy atom. The van der Waals surface area contributed by atoms with Crippen molar-refractivity contribution in [2.75, 3.05) is 12.3 Å². The number of nitrogens with one attached hydrogen (secondary N) is 2. The van der Waals surface area contributed by atoms with Crippen LogP contribution in [0.2, 0.25) is 0 Å². The third-order valence-corrected chi connectivity index (χ3v) is 5.13. The van der Waals surface area contributed by atoms with Crippen LogP contribution in [0.3, 0.4) is 0 Å². The molecule has 132 valence electrons. The number of nitrogens with zero attached hydrogens (tertiary/aromatic N) is 1. The normalized spacial score (nSPS) is 20.9. The second kappa shape index (κ2) is 6.02. The van der Waals surface area contributed by atoms with Gasteiger partial charge in [-0.05, 0) is 24.3 Å². The number of H-pyrrole nitrogens is 1. The van der Waals surface area contributed by atoms with Gasteiger partial charge < -0.3 is 16.0 Å². The van der Waals surface area contributed by atoms with Crippen molar-refractivity contribution in [1.29, 1.82) is 0 Å². The SMILES string of the molecule is Cc1ccc(C2(C(=O)NCCc3nc(N)cc(=O)[nH]3)CC2(C)C)cc1. The molecule has 0 spiro atoms. The predicted octanol–water partition coefficient (Wildman–Crippen LogP) is 1.69. The third kappa shape index (κ3) is 3.16. The lowest BCUT2D eigenvalue weighted by Gasteiger charge is -2.21. The van der Waals surface area contributed by atoms with Gasteiger partial charge in [0.15, 0.2) is 0 Å². The maximum Gasteiger partial charge on any atom is 0.252 e. The van der Waals surface area contributed by atoms with E-state index in [4.69, 9.17) is 5.73 Å². The first-order valence-corrected chi connectivity index (χ1v) is 8.46. The van der Waals surface area contributed by atoms with E-state index in [9.17, 15) is 9.59 Å². The summed E-state index contributed by atoms with van der Waals surface area (Å²) >= 11 is 0. The quantitative estimate of drug-likeness (QED) is 0.771. The Balaban J connectivity index is 1.70. The van der Waals surface area contributed by atoms with Crippen LogP contribution in [-0.2, 0) is 16.6 Å². The van der Waals surface area contributed by atoms with E-state index in [0.717, 1.165) is 12.0 Å².